The van der Waals surface area contributed by atoms with Crippen LogP contribution in [0.5, 0.6) is 0 Å². The van der Waals surface area contributed by atoms with E-state index in [1.54, 1.807) is 11.8 Å². The number of fused-ring (bicyclic) bond motifs is 1. The molecule has 0 aliphatic heterocycles. The fraction of sp³-hybridized carbons (Fsp3) is 0.333. The first-order valence-electron chi connectivity index (χ1n) is 9.22. The number of rotatable bonds is 9. The molecular weight excluding hydrogens is 410 g/mol. The van der Waals surface area contributed by atoms with Crippen LogP contribution in [0.2, 0.25) is 5.02 Å². The van der Waals surface area contributed by atoms with E-state index >= 15 is 0 Å². The molecule has 3 rings (SSSR count). The molecule has 0 spiro atoms. The molecule has 4 nitrogen and oxygen atoms in total. The highest BCUT2D eigenvalue weighted by atomic mass is 35.5. The predicted molar refractivity (Wildman–Crippen MR) is 122 cm³/mol. The molecule has 0 aliphatic rings. The molecule has 0 saturated heterocycles. The van der Waals surface area contributed by atoms with E-state index in [2.05, 4.69) is 22.0 Å². The summed E-state index contributed by atoms with van der Waals surface area (Å²) in [6, 6.07) is 15.9. The van der Waals surface area contributed by atoms with Gasteiger partial charge in [-0.3, -0.25) is 9.69 Å². The van der Waals surface area contributed by atoms with Crippen LogP contribution < -0.4 is 4.90 Å². The summed E-state index contributed by atoms with van der Waals surface area (Å²) in [4.78, 5) is 22.8. The van der Waals surface area contributed by atoms with E-state index in [9.17, 15) is 4.79 Å². The number of aromatic nitrogens is 1. The number of halogens is 1. The molecule has 0 unspecified atom stereocenters. The largest absolute Gasteiger partial charge is 0.309 e. The monoisotopic (exact) mass is 433 g/mol. The summed E-state index contributed by atoms with van der Waals surface area (Å²) in [7, 11) is 4.08. The van der Waals surface area contributed by atoms with E-state index in [0.29, 0.717) is 18.0 Å². The maximum Gasteiger partial charge on any atom is 0.229 e. The molecule has 148 valence electrons. The molecule has 3 aromatic rings. The van der Waals surface area contributed by atoms with Gasteiger partial charge in [-0.2, -0.15) is 0 Å². The SMILES string of the molecule is CN(C)CCCN(C(=O)CCSc1ccccc1)c1nc2c(Cl)cccc2s1. The van der Waals surface area contributed by atoms with Crippen LogP contribution in [-0.2, 0) is 4.79 Å². The lowest BCUT2D eigenvalue weighted by molar-refractivity contribution is -0.118. The molecule has 7 heteroatoms. The van der Waals surface area contributed by atoms with E-state index < -0.39 is 0 Å². The Balaban J connectivity index is 1.71. The number of carbonyl (C=O) groups is 1. The Kier molecular flexibility index (Phi) is 7.73. The minimum Gasteiger partial charge on any atom is -0.309 e. The van der Waals surface area contributed by atoms with Crippen molar-refractivity contribution < 1.29 is 4.79 Å². The quantitative estimate of drug-likeness (QED) is 0.422. The first-order chi connectivity index (χ1) is 13.5. The van der Waals surface area contributed by atoms with Crippen LogP contribution in [0.3, 0.4) is 0 Å². The zero-order valence-corrected chi connectivity index (χ0v) is 18.5. The number of nitrogens with zero attached hydrogens (tertiary/aromatic N) is 3. The molecule has 0 fully saturated rings. The molecular formula is C21H24ClN3OS2. The van der Waals surface area contributed by atoms with Gasteiger partial charge in [-0.1, -0.05) is 47.2 Å². The van der Waals surface area contributed by atoms with Crippen molar-refractivity contribution in [2.75, 3.05) is 37.8 Å². The summed E-state index contributed by atoms with van der Waals surface area (Å²) < 4.78 is 1.01. The van der Waals surface area contributed by atoms with Crippen molar-refractivity contribution in [3.05, 3.63) is 53.6 Å². The smallest absolute Gasteiger partial charge is 0.229 e. The van der Waals surface area contributed by atoms with Crippen LogP contribution in [0.25, 0.3) is 10.2 Å². The van der Waals surface area contributed by atoms with Crippen LogP contribution in [0, 0.1) is 0 Å². The van der Waals surface area contributed by atoms with Gasteiger partial charge < -0.3 is 4.90 Å². The topological polar surface area (TPSA) is 36.4 Å². The maximum atomic E-state index is 13.0. The van der Waals surface area contributed by atoms with E-state index in [0.717, 1.165) is 34.1 Å². The number of thioether (sulfide) groups is 1. The van der Waals surface area contributed by atoms with Crippen LogP contribution in [0.1, 0.15) is 12.8 Å². The van der Waals surface area contributed by atoms with Gasteiger partial charge in [0.15, 0.2) is 5.13 Å². The van der Waals surface area contributed by atoms with E-state index in [-0.39, 0.29) is 5.91 Å². The normalized spacial score (nSPS) is 11.3. The first kappa shape index (κ1) is 21.1. The minimum atomic E-state index is 0.109. The molecule has 0 saturated carbocycles. The molecule has 1 aromatic heterocycles. The summed E-state index contributed by atoms with van der Waals surface area (Å²) in [5.74, 6) is 0.857. The van der Waals surface area contributed by atoms with Crippen LogP contribution in [0.4, 0.5) is 5.13 Å². The Morgan fingerprint density at radius 1 is 1.11 bits per heavy atom. The summed E-state index contributed by atoms with van der Waals surface area (Å²) in [6.45, 7) is 1.58. The van der Waals surface area contributed by atoms with Crippen LogP contribution >= 0.6 is 34.7 Å². The highest BCUT2D eigenvalue weighted by Gasteiger charge is 2.20. The molecule has 0 N–H and O–H groups in total. The van der Waals surface area contributed by atoms with E-state index in [1.807, 2.05) is 55.4 Å². The van der Waals surface area contributed by atoms with Crippen molar-refractivity contribution in [1.29, 1.82) is 0 Å². The van der Waals surface area contributed by atoms with Gasteiger partial charge in [-0.15, -0.1) is 11.8 Å². The molecule has 0 aliphatic carbocycles. The van der Waals surface area contributed by atoms with Crippen molar-refractivity contribution in [2.45, 2.75) is 17.7 Å². The lowest BCUT2D eigenvalue weighted by atomic mass is 10.3. The molecule has 1 heterocycles. The third-order valence-electron chi connectivity index (χ3n) is 4.21. The number of anilines is 1. The van der Waals surface area contributed by atoms with Crippen molar-refractivity contribution in [3.63, 3.8) is 0 Å². The molecule has 1 amide bonds. The Bertz CT molecular complexity index is 914. The van der Waals surface area contributed by atoms with Gasteiger partial charge in [0.25, 0.3) is 0 Å². The van der Waals surface area contributed by atoms with Crippen molar-refractivity contribution in [1.82, 2.24) is 9.88 Å². The van der Waals surface area contributed by atoms with Gasteiger partial charge in [0, 0.05) is 23.6 Å². The standard InChI is InChI=1S/C21H24ClN3OS2/c1-24(2)13-7-14-25(19(26)12-15-27-16-8-4-3-5-9-16)21-23-20-17(22)10-6-11-18(20)28-21/h3-6,8-11H,7,12-15H2,1-2H3. The third kappa shape index (κ3) is 5.70. The van der Waals surface area contributed by atoms with Gasteiger partial charge in [-0.25, -0.2) is 4.98 Å². The van der Waals surface area contributed by atoms with Crippen molar-refractivity contribution >= 4 is 56.0 Å². The summed E-state index contributed by atoms with van der Waals surface area (Å²) >= 11 is 9.51. The second kappa shape index (κ2) is 10.3. The van der Waals surface area contributed by atoms with Gasteiger partial charge in [0.05, 0.1) is 9.72 Å². The summed E-state index contributed by atoms with van der Waals surface area (Å²) in [5.41, 5.74) is 0.772. The second-order valence-electron chi connectivity index (χ2n) is 6.70. The Morgan fingerprint density at radius 2 is 1.89 bits per heavy atom. The van der Waals surface area contributed by atoms with Crippen molar-refractivity contribution in [3.8, 4) is 0 Å². The second-order valence-corrected chi connectivity index (χ2v) is 9.28. The predicted octanol–water partition coefficient (Wildman–Crippen LogP) is 5.42. The van der Waals surface area contributed by atoms with Crippen LogP contribution in [-0.4, -0.2) is 48.7 Å². The molecule has 0 atom stereocenters. The number of para-hydroxylation sites is 1. The zero-order valence-electron chi connectivity index (χ0n) is 16.1. The number of hydrogen-bond donors (Lipinski definition) is 0. The molecule has 2 aromatic carbocycles. The highest BCUT2D eigenvalue weighted by Crippen LogP contribution is 2.33. The average molecular weight is 434 g/mol. The summed E-state index contributed by atoms with van der Waals surface area (Å²) in [6.07, 6.45) is 1.37. The number of benzene rings is 2. The number of amides is 1. The molecule has 0 radical (unpaired) electrons. The van der Waals surface area contributed by atoms with Gasteiger partial charge in [-0.05, 0) is 51.3 Å². The number of thiazole rings is 1. The van der Waals surface area contributed by atoms with Crippen LogP contribution in [0.15, 0.2) is 53.4 Å². The minimum absolute atomic E-state index is 0.109. The lowest BCUT2D eigenvalue weighted by Crippen LogP contribution is -2.33. The van der Waals surface area contributed by atoms with Crippen molar-refractivity contribution in [2.24, 2.45) is 0 Å². The van der Waals surface area contributed by atoms with E-state index in [4.69, 9.17) is 11.6 Å². The number of hydrogen-bond acceptors (Lipinski definition) is 5. The lowest BCUT2D eigenvalue weighted by Gasteiger charge is -2.21. The molecule has 0 bridgehead atoms. The average Bonchev–Trinajstić information content (AvgIpc) is 3.11. The third-order valence-corrected chi connectivity index (χ3v) is 6.57. The Hall–Kier alpha value is -1.60. The van der Waals surface area contributed by atoms with Gasteiger partial charge in [0.2, 0.25) is 5.91 Å². The maximum absolute atomic E-state index is 13.0. The highest BCUT2D eigenvalue weighted by molar-refractivity contribution is 7.99. The van der Waals surface area contributed by atoms with Gasteiger partial charge in [0.1, 0.15) is 5.52 Å². The Labute approximate surface area is 179 Å². The van der Waals surface area contributed by atoms with Gasteiger partial charge >= 0.3 is 0 Å². The van der Waals surface area contributed by atoms with E-state index in [1.165, 1.54) is 16.2 Å². The summed E-state index contributed by atoms with van der Waals surface area (Å²) in [5, 5.41) is 1.36. The molecule has 28 heavy (non-hydrogen) atoms. The fourth-order valence-corrected chi connectivity index (χ4v) is 4.97. The Morgan fingerprint density at radius 3 is 2.61 bits per heavy atom. The first-order valence-corrected chi connectivity index (χ1v) is 11.4. The fourth-order valence-electron chi connectivity index (χ4n) is 2.80. The zero-order chi connectivity index (χ0) is 19.9. The number of carbonyl (C=O) groups excluding carboxylic acids is 1.